The molecule has 106 valence electrons. The molecule has 7 heteroatoms. The zero-order valence-corrected chi connectivity index (χ0v) is 10.3. The van der Waals surface area contributed by atoms with Gasteiger partial charge in [-0.25, -0.2) is 0 Å². The first-order chi connectivity index (χ1) is 8.23. The number of nitrogens with two attached hydrogens (primary N) is 1. The monoisotopic (exact) mass is 268 g/mol. The van der Waals surface area contributed by atoms with Gasteiger partial charge in [-0.2, -0.15) is 13.2 Å². The molecule has 1 saturated carbocycles. The van der Waals surface area contributed by atoms with E-state index in [1.807, 2.05) is 0 Å². The molecular weight excluding hydrogens is 249 g/mol. The Balaban J connectivity index is 2.23. The third kappa shape index (κ3) is 5.68. The van der Waals surface area contributed by atoms with Gasteiger partial charge in [0.1, 0.15) is 6.61 Å². The number of rotatable bonds is 8. The van der Waals surface area contributed by atoms with E-state index in [-0.39, 0.29) is 6.61 Å². The highest BCUT2D eigenvalue weighted by atomic mass is 19.4. The fraction of sp³-hybridized carbons (Fsp3) is 0.909. The highest BCUT2D eigenvalue weighted by Crippen LogP contribution is 2.24. The van der Waals surface area contributed by atoms with E-state index in [1.165, 1.54) is 0 Å². The molecule has 0 bridgehead atoms. The van der Waals surface area contributed by atoms with Crippen LogP contribution >= 0.6 is 0 Å². The first-order valence-electron chi connectivity index (χ1n) is 5.95. The van der Waals surface area contributed by atoms with Crippen molar-refractivity contribution in [1.29, 1.82) is 0 Å². The number of amides is 1. The van der Waals surface area contributed by atoms with Crippen LogP contribution < -0.4 is 11.1 Å². The highest BCUT2D eigenvalue weighted by molar-refractivity contribution is 5.84. The van der Waals surface area contributed by atoms with Gasteiger partial charge in [0.15, 0.2) is 0 Å². The molecule has 1 atom stereocenters. The second kappa shape index (κ2) is 5.88. The van der Waals surface area contributed by atoms with Crippen LogP contribution in [-0.2, 0) is 9.53 Å². The molecule has 1 fully saturated rings. The molecule has 4 nitrogen and oxygen atoms in total. The number of primary amides is 1. The van der Waals surface area contributed by atoms with E-state index >= 15 is 0 Å². The summed E-state index contributed by atoms with van der Waals surface area (Å²) in [4.78, 5) is 11.3. The smallest absolute Gasteiger partial charge is 0.372 e. The summed E-state index contributed by atoms with van der Waals surface area (Å²) in [6.07, 6.45) is -1.56. The average molecular weight is 268 g/mol. The average Bonchev–Trinajstić information content (AvgIpc) is 2.99. The molecule has 3 N–H and O–H groups in total. The van der Waals surface area contributed by atoms with Gasteiger partial charge >= 0.3 is 6.18 Å². The van der Waals surface area contributed by atoms with Crippen LogP contribution in [0, 0.1) is 0 Å². The summed E-state index contributed by atoms with van der Waals surface area (Å²) in [5, 5.41) is 3.12. The number of hydrogen-bond acceptors (Lipinski definition) is 3. The zero-order chi connectivity index (χ0) is 13.8. The van der Waals surface area contributed by atoms with Crippen molar-refractivity contribution in [2.75, 3.05) is 13.2 Å². The third-order valence-electron chi connectivity index (χ3n) is 2.88. The molecule has 0 aromatic heterocycles. The number of ether oxygens (including phenoxy) is 1. The first kappa shape index (κ1) is 15.2. The number of carbonyl (C=O) groups excluding carboxylic acids is 1. The summed E-state index contributed by atoms with van der Waals surface area (Å²) in [7, 11) is 0. The van der Waals surface area contributed by atoms with Crippen LogP contribution in [0.25, 0.3) is 0 Å². The third-order valence-corrected chi connectivity index (χ3v) is 2.88. The Bertz CT molecular complexity index is 293. The minimum absolute atomic E-state index is 0.0330. The molecule has 0 spiro atoms. The number of alkyl halides is 3. The molecule has 1 amide bonds. The van der Waals surface area contributed by atoms with Crippen molar-refractivity contribution in [2.24, 2.45) is 5.73 Å². The van der Waals surface area contributed by atoms with Crippen LogP contribution in [0.2, 0.25) is 0 Å². The predicted molar refractivity (Wildman–Crippen MR) is 59.9 cm³/mol. The van der Waals surface area contributed by atoms with Gasteiger partial charge in [-0.3, -0.25) is 4.79 Å². The summed E-state index contributed by atoms with van der Waals surface area (Å²) in [6.45, 7) is 0.391. The van der Waals surface area contributed by atoms with Gasteiger partial charge in [0.2, 0.25) is 5.91 Å². The summed E-state index contributed by atoms with van der Waals surface area (Å²) < 4.78 is 39.9. The Kier molecular flexibility index (Phi) is 4.98. The maximum Gasteiger partial charge on any atom is 0.411 e. The van der Waals surface area contributed by atoms with Crippen LogP contribution in [0.3, 0.4) is 0 Å². The Morgan fingerprint density at radius 1 is 1.44 bits per heavy atom. The molecule has 1 rings (SSSR count). The molecule has 0 aromatic carbocycles. The lowest BCUT2D eigenvalue weighted by Gasteiger charge is -2.27. The van der Waals surface area contributed by atoms with Crippen LogP contribution in [0.1, 0.15) is 32.6 Å². The van der Waals surface area contributed by atoms with E-state index in [0.717, 1.165) is 12.8 Å². The molecule has 0 aliphatic heterocycles. The predicted octanol–water partition coefficient (Wildman–Crippen LogP) is 1.34. The van der Waals surface area contributed by atoms with Crippen LogP contribution in [0.5, 0.6) is 0 Å². The highest BCUT2D eigenvalue weighted by Gasteiger charge is 2.36. The lowest BCUT2D eigenvalue weighted by Crippen LogP contribution is -2.54. The largest absolute Gasteiger partial charge is 0.411 e. The second-order valence-electron chi connectivity index (χ2n) is 4.89. The van der Waals surface area contributed by atoms with Crippen molar-refractivity contribution in [1.82, 2.24) is 5.32 Å². The SMILES string of the molecule is CC(CCCOCC(F)(F)F)(NC1CC1)C(N)=O. The molecule has 1 aliphatic rings. The molecule has 1 aliphatic carbocycles. The Morgan fingerprint density at radius 2 is 2.06 bits per heavy atom. The fourth-order valence-corrected chi connectivity index (χ4v) is 1.66. The second-order valence-corrected chi connectivity index (χ2v) is 4.89. The molecular formula is C11H19F3N2O2. The molecule has 1 unspecified atom stereocenters. The number of carbonyl (C=O) groups is 1. The number of hydrogen-bond donors (Lipinski definition) is 2. The molecule has 0 aromatic rings. The Hall–Kier alpha value is -0.820. The lowest BCUT2D eigenvalue weighted by atomic mass is 9.95. The van der Waals surface area contributed by atoms with Crippen molar-refractivity contribution in [3.05, 3.63) is 0 Å². The zero-order valence-electron chi connectivity index (χ0n) is 10.3. The van der Waals surface area contributed by atoms with Crippen molar-refractivity contribution < 1.29 is 22.7 Å². The Labute approximate surface area is 104 Å². The molecule has 18 heavy (non-hydrogen) atoms. The Morgan fingerprint density at radius 3 is 2.50 bits per heavy atom. The first-order valence-corrected chi connectivity index (χ1v) is 5.95. The topological polar surface area (TPSA) is 64.3 Å². The molecule has 0 saturated heterocycles. The summed E-state index contributed by atoms with van der Waals surface area (Å²) in [5.74, 6) is -0.481. The minimum atomic E-state index is -4.31. The van der Waals surface area contributed by atoms with E-state index in [1.54, 1.807) is 6.92 Å². The lowest BCUT2D eigenvalue weighted by molar-refractivity contribution is -0.174. The van der Waals surface area contributed by atoms with Crippen molar-refractivity contribution in [3.8, 4) is 0 Å². The van der Waals surface area contributed by atoms with Crippen LogP contribution in [-0.4, -0.2) is 36.9 Å². The van der Waals surface area contributed by atoms with Gasteiger partial charge in [0.25, 0.3) is 0 Å². The summed E-state index contributed by atoms with van der Waals surface area (Å²) >= 11 is 0. The molecule has 0 radical (unpaired) electrons. The van der Waals surface area contributed by atoms with Crippen molar-refractivity contribution in [2.45, 2.75) is 50.4 Å². The van der Waals surface area contributed by atoms with E-state index in [2.05, 4.69) is 10.1 Å². The summed E-state index contributed by atoms with van der Waals surface area (Å²) in [6, 6.07) is 0.304. The van der Waals surface area contributed by atoms with Crippen molar-refractivity contribution >= 4 is 5.91 Å². The van der Waals surface area contributed by atoms with E-state index in [4.69, 9.17) is 5.73 Å². The fourth-order valence-electron chi connectivity index (χ4n) is 1.66. The van der Waals surface area contributed by atoms with Gasteiger partial charge < -0.3 is 15.8 Å². The maximum atomic E-state index is 11.8. The normalized spacial score (nSPS) is 19.6. The van der Waals surface area contributed by atoms with E-state index in [9.17, 15) is 18.0 Å². The van der Waals surface area contributed by atoms with Crippen molar-refractivity contribution in [3.63, 3.8) is 0 Å². The van der Waals surface area contributed by atoms with Gasteiger partial charge in [-0.15, -0.1) is 0 Å². The van der Waals surface area contributed by atoms with E-state index in [0.29, 0.717) is 18.9 Å². The van der Waals surface area contributed by atoms with Gasteiger partial charge in [0, 0.05) is 12.6 Å². The maximum absolute atomic E-state index is 11.8. The van der Waals surface area contributed by atoms with Crippen LogP contribution in [0.15, 0.2) is 0 Å². The number of nitrogens with one attached hydrogen (secondary N) is 1. The van der Waals surface area contributed by atoms with Gasteiger partial charge in [-0.1, -0.05) is 0 Å². The van der Waals surface area contributed by atoms with E-state index < -0.39 is 24.2 Å². The van der Waals surface area contributed by atoms with Gasteiger partial charge in [-0.05, 0) is 32.6 Å². The summed E-state index contributed by atoms with van der Waals surface area (Å²) in [5.41, 5.74) is 4.45. The standard InChI is InChI=1S/C11H19F3N2O2/c1-10(9(15)17,16-8-3-4-8)5-2-6-18-7-11(12,13)14/h8,16H,2-7H2,1H3,(H2,15,17). The number of halogens is 3. The minimum Gasteiger partial charge on any atom is -0.372 e. The van der Waals surface area contributed by atoms with Crippen LogP contribution in [0.4, 0.5) is 13.2 Å². The quantitative estimate of drug-likeness (QED) is 0.653. The van der Waals surface area contributed by atoms with Gasteiger partial charge in [0.05, 0.1) is 5.54 Å². The molecule has 0 heterocycles.